The molecule has 102 valence electrons. The number of aromatic nitrogens is 1. The van der Waals surface area contributed by atoms with Crippen LogP contribution in [-0.2, 0) is 0 Å². The van der Waals surface area contributed by atoms with Crippen LogP contribution in [0.3, 0.4) is 0 Å². The van der Waals surface area contributed by atoms with E-state index in [4.69, 9.17) is 0 Å². The zero-order chi connectivity index (χ0) is 12.7. The molecule has 2 unspecified atom stereocenters. The molecule has 1 N–H and O–H groups in total. The Balaban J connectivity index is 1.46. The van der Waals surface area contributed by atoms with Gasteiger partial charge in [-0.2, -0.15) is 0 Å². The van der Waals surface area contributed by atoms with Crippen molar-refractivity contribution in [2.75, 3.05) is 44.2 Å². The van der Waals surface area contributed by atoms with Crippen LogP contribution in [0.4, 0.5) is 5.69 Å². The van der Waals surface area contributed by atoms with Gasteiger partial charge in [0, 0.05) is 51.5 Å². The summed E-state index contributed by atoms with van der Waals surface area (Å²) >= 11 is 0. The van der Waals surface area contributed by atoms with E-state index in [-0.39, 0.29) is 0 Å². The van der Waals surface area contributed by atoms with Crippen molar-refractivity contribution in [2.24, 2.45) is 11.8 Å². The van der Waals surface area contributed by atoms with Gasteiger partial charge in [0.1, 0.15) is 0 Å². The third-order valence-corrected chi connectivity index (χ3v) is 4.90. The molecule has 0 saturated carbocycles. The second kappa shape index (κ2) is 4.76. The fourth-order valence-corrected chi connectivity index (χ4v) is 3.90. The number of nitrogens with one attached hydrogen (secondary N) is 1. The van der Waals surface area contributed by atoms with Gasteiger partial charge >= 0.3 is 0 Å². The minimum atomic E-state index is 0.815. The van der Waals surface area contributed by atoms with Crippen molar-refractivity contribution in [3.05, 3.63) is 24.5 Å². The van der Waals surface area contributed by atoms with Gasteiger partial charge < -0.3 is 10.2 Å². The lowest BCUT2D eigenvalue weighted by molar-refractivity contribution is 0.0497. The summed E-state index contributed by atoms with van der Waals surface area (Å²) in [4.78, 5) is 9.53. The van der Waals surface area contributed by atoms with Gasteiger partial charge in [0.05, 0.1) is 11.9 Å². The van der Waals surface area contributed by atoms with Crippen LogP contribution in [0, 0.1) is 11.8 Å². The monoisotopic (exact) mass is 258 g/mol. The Morgan fingerprint density at radius 3 is 2.47 bits per heavy atom. The standard InChI is InChI=1S/C15H22N4/c1-2-14(5-16-3-1)18-8-12-4-13(9-18)11-19(10-12)15-6-17-7-15/h1-3,5,12-13,15,17H,4,6-11H2. The first-order chi connectivity index (χ1) is 9.38. The normalized spacial score (nSPS) is 32.1. The second-order valence-electron chi connectivity index (χ2n) is 6.35. The molecule has 0 radical (unpaired) electrons. The molecule has 4 rings (SSSR count). The highest BCUT2D eigenvalue weighted by molar-refractivity contribution is 5.44. The number of rotatable bonds is 2. The van der Waals surface area contributed by atoms with E-state index in [0.717, 1.165) is 17.9 Å². The Hall–Kier alpha value is -1.13. The van der Waals surface area contributed by atoms with E-state index in [0.29, 0.717) is 0 Å². The number of fused-ring (bicyclic) bond motifs is 2. The average Bonchev–Trinajstić information content (AvgIpc) is 2.36. The summed E-state index contributed by atoms with van der Waals surface area (Å²) in [5, 5.41) is 3.40. The first kappa shape index (κ1) is 11.7. The van der Waals surface area contributed by atoms with Crippen LogP contribution in [0.15, 0.2) is 24.5 Å². The minimum Gasteiger partial charge on any atom is -0.370 e. The van der Waals surface area contributed by atoms with Gasteiger partial charge in [-0.25, -0.2) is 0 Å². The molecule has 4 heteroatoms. The molecule has 2 bridgehead atoms. The van der Waals surface area contributed by atoms with Gasteiger partial charge in [-0.3, -0.25) is 9.88 Å². The Morgan fingerprint density at radius 2 is 1.89 bits per heavy atom. The number of hydrogen-bond donors (Lipinski definition) is 1. The second-order valence-corrected chi connectivity index (χ2v) is 6.35. The van der Waals surface area contributed by atoms with Gasteiger partial charge in [-0.05, 0) is 30.4 Å². The maximum Gasteiger partial charge on any atom is 0.0552 e. The van der Waals surface area contributed by atoms with Gasteiger partial charge in [0.15, 0.2) is 0 Å². The largest absolute Gasteiger partial charge is 0.370 e. The summed E-state index contributed by atoms with van der Waals surface area (Å²) in [5.41, 5.74) is 1.30. The molecule has 1 aromatic heterocycles. The van der Waals surface area contributed by atoms with Crippen molar-refractivity contribution in [3.8, 4) is 0 Å². The summed E-state index contributed by atoms with van der Waals surface area (Å²) in [7, 11) is 0. The molecule has 19 heavy (non-hydrogen) atoms. The van der Waals surface area contributed by atoms with Crippen molar-refractivity contribution in [1.29, 1.82) is 0 Å². The van der Waals surface area contributed by atoms with Gasteiger partial charge in [-0.15, -0.1) is 0 Å². The molecule has 0 aliphatic carbocycles. The minimum absolute atomic E-state index is 0.815. The van der Waals surface area contributed by atoms with Crippen molar-refractivity contribution in [3.63, 3.8) is 0 Å². The highest BCUT2D eigenvalue weighted by atomic mass is 15.3. The van der Waals surface area contributed by atoms with Crippen LogP contribution in [0.2, 0.25) is 0 Å². The molecule has 0 spiro atoms. The van der Waals surface area contributed by atoms with Gasteiger partial charge in [0.2, 0.25) is 0 Å². The first-order valence-electron chi connectivity index (χ1n) is 7.48. The molecule has 2 atom stereocenters. The van der Waals surface area contributed by atoms with Crippen molar-refractivity contribution < 1.29 is 0 Å². The van der Waals surface area contributed by atoms with Gasteiger partial charge in [0.25, 0.3) is 0 Å². The van der Waals surface area contributed by atoms with Crippen LogP contribution in [0.1, 0.15) is 6.42 Å². The van der Waals surface area contributed by atoms with Crippen molar-refractivity contribution in [2.45, 2.75) is 12.5 Å². The molecule has 3 saturated heterocycles. The predicted molar refractivity (Wildman–Crippen MR) is 76.3 cm³/mol. The van der Waals surface area contributed by atoms with Crippen LogP contribution in [0.5, 0.6) is 0 Å². The topological polar surface area (TPSA) is 31.4 Å². The summed E-state index contributed by atoms with van der Waals surface area (Å²) in [6, 6.07) is 5.06. The number of hydrogen-bond acceptors (Lipinski definition) is 4. The Kier molecular flexibility index (Phi) is 2.93. The molecule has 3 aliphatic rings. The van der Waals surface area contributed by atoms with Crippen molar-refractivity contribution >= 4 is 5.69 Å². The lowest BCUT2D eigenvalue weighted by Crippen LogP contribution is -2.63. The third kappa shape index (κ3) is 2.23. The quantitative estimate of drug-likeness (QED) is 0.851. The molecular weight excluding hydrogens is 236 g/mol. The zero-order valence-electron chi connectivity index (χ0n) is 11.3. The lowest BCUT2D eigenvalue weighted by Gasteiger charge is -2.50. The predicted octanol–water partition coefficient (Wildman–Crippen LogP) is 0.812. The average molecular weight is 258 g/mol. The molecule has 3 fully saturated rings. The fourth-order valence-electron chi connectivity index (χ4n) is 3.90. The highest BCUT2D eigenvalue weighted by Gasteiger charge is 2.37. The van der Waals surface area contributed by atoms with E-state index in [1.165, 1.54) is 51.4 Å². The smallest absolute Gasteiger partial charge is 0.0552 e. The maximum absolute atomic E-state index is 4.26. The Labute approximate surface area is 114 Å². The Bertz CT molecular complexity index is 417. The first-order valence-corrected chi connectivity index (χ1v) is 7.48. The molecule has 0 amide bonds. The zero-order valence-corrected chi connectivity index (χ0v) is 11.3. The molecular formula is C15H22N4. The van der Waals surface area contributed by atoms with Gasteiger partial charge in [-0.1, -0.05) is 0 Å². The SMILES string of the molecule is c1cncc(N2CC3CC(C2)CN(C2CNC2)C3)c1. The number of nitrogens with zero attached hydrogens (tertiary/aromatic N) is 3. The number of likely N-dealkylation sites (tertiary alicyclic amines) is 1. The number of piperidine rings is 2. The van der Waals surface area contributed by atoms with E-state index >= 15 is 0 Å². The molecule has 4 heterocycles. The van der Waals surface area contributed by atoms with E-state index in [2.05, 4.69) is 26.2 Å². The van der Waals surface area contributed by atoms with Crippen LogP contribution >= 0.6 is 0 Å². The van der Waals surface area contributed by atoms with E-state index in [9.17, 15) is 0 Å². The summed E-state index contributed by atoms with van der Waals surface area (Å²) in [5.74, 6) is 1.68. The van der Waals surface area contributed by atoms with E-state index in [1.54, 1.807) is 0 Å². The van der Waals surface area contributed by atoms with E-state index in [1.807, 2.05) is 18.5 Å². The third-order valence-electron chi connectivity index (χ3n) is 4.90. The molecule has 4 nitrogen and oxygen atoms in total. The molecule has 1 aromatic rings. The maximum atomic E-state index is 4.26. The Morgan fingerprint density at radius 1 is 1.11 bits per heavy atom. The summed E-state index contributed by atoms with van der Waals surface area (Å²) in [6.07, 6.45) is 5.29. The molecule has 3 aliphatic heterocycles. The van der Waals surface area contributed by atoms with Crippen LogP contribution < -0.4 is 10.2 Å². The molecule has 0 aromatic carbocycles. The highest BCUT2D eigenvalue weighted by Crippen LogP contribution is 2.32. The van der Waals surface area contributed by atoms with Crippen LogP contribution in [-0.4, -0.2) is 55.2 Å². The van der Waals surface area contributed by atoms with E-state index < -0.39 is 0 Å². The number of pyridine rings is 1. The van der Waals surface area contributed by atoms with Crippen molar-refractivity contribution in [1.82, 2.24) is 15.2 Å². The number of anilines is 1. The summed E-state index contributed by atoms with van der Waals surface area (Å²) < 4.78 is 0. The fraction of sp³-hybridized carbons (Fsp3) is 0.667. The van der Waals surface area contributed by atoms with Crippen LogP contribution in [0.25, 0.3) is 0 Å². The lowest BCUT2D eigenvalue weighted by atomic mass is 9.83. The summed E-state index contributed by atoms with van der Waals surface area (Å²) in [6.45, 7) is 7.40.